The summed E-state index contributed by atoms with van der Waals surface area (Å²) in [5.41, 5.74) is 6.56. The number of aliphatic carboxylic acids is 1. The summed E-state index contributed by atoms with van der Waals surface area (Å²) in [4.78, 5) is 19.8. The average molecular weight is 331 g/mol. The highest BCUT2D eigenvalue weighted by Gasteiger charge is 2.00. The average Bonchev–Trinajstić information content (AvgIpc) is 2.60. The van der Waals surface area contributed by atoms with Crippen LogP contribution in [0.5, 0.6) is 5.75 Å². The molecule has 0 unspecified atom stereocenters. The van der Waals surface area contributed by atoms with Crippen molar-refractivity contribution in [1.29, 1.82) is 0 Å². The first-order chi connectivity index (χ1) is 11.5. The van der Waals surface area contributed by atoms with Gasteiger partial charge in [0, 0.05) is 6.42 Å². The lowest BCUT2D eigenvalue weighted by molar-refractivity contribution is -0.136. The number of hydrogen-bond acceptors (Lipinski definition) is 4. The second-order valence-electron chi connectivity index (χ2n) is 4.84. The molecule has 6 heteroatoms. The van der Waals surface area contributed by atoms with Crippen molar-refractivity contribution < 1.29 is 24.2 Å². The number of nitrogens with two attached hydrogens (primary N) is 1. The largest absolute Gasteiger partial charge is 0.489 e. The lowest BCUT2D eigenvalue weighted by Crippen LogP contribution is -2.08. The van der Waals surface area contributed by atoms with E-state index in [9.17, 15) is 9.59 Å². The SMILES string of the molecule is COC(N)=O.O=C(O)CCc1ccc(OCc2ccccc2)cc1. The van der Waals surface area contributed by atoms with Crippen LogP contribution >= 0.6 is 0 Å². The smallest absolute Gasteiger partial charge is 0.404 e. The van der Waals surface area contributed by atoms with Gasteiger partial charge in [-0.05, 0) is 29.7 Å². The molecule has 0 radical (unpaired) electrons. The van der Waals surface area contributed by atoms with Crippen LogP contribution in [0.15, 0.2) is 54.6 Å². The minimum atomic E-state index is -0.774. The van der Waals surface area contributed by atoms with Crippen molar-refractivity contribution in [3.05, 3.63) is 65.7 Å². The van der Waals surface area contributed by atoms with Crippen molar-refractivity contribution >= 4 is 12.1 Å². The maximum Gasteiger partial charge on any atom is 0.404 e. The molecule has 0 aromatic heterocycles. The number of hydrogen-bond donors (Lipinski definition) is 2. The third-order valence-electron chi connectivity index (χ3n) is 3.00. The number of amides is 1. The number of carboxylic acids is 1. The predicted molar refractivity (Wildman–Crippen MR) is 89.8 cm³/mol. The van der Waals surface area contributed by atoms with E-state index in [2.05, 4.69) is 10.5 Å². The van der Waals surface area contributed by atoms with Crippen molar-refractivity contribution in [3.8, 4) is 5.75 Å². The molecule has 24 heavy (non-hydrogen) atoms. The fourth-order valence-corrected chi connectivity index (χ4v) is 1.74. The number of rotatable bonds is 6. The number of methoxy groups -OCH3 is 1. The van der Waals surface area contributed by atoms with E-state index in [1.807, 2.05) is 54.6 Å². The second kappa shape index (κ2) is 10.7. The summed E-state index contributed by atoms with van der Waals surface area (Å²) in [6, 6.07) is 17.5. The number of aryl methyl sites for hydroxylation is 1. The molecule has 0 aliphatic heterocycles. The molecule has 2 aromatic carbocycles. The third-order valence-corrected chi connectivity index (χ3v) is 3.00. The van der Waals surface area contributed by atoms with Crippen LogP contribution in [0.1, 0.15) is 17.5 Å². The molecule has 6 nitrogen and oxygen atoms in total. The van der Waals surface area contributed by atoms with E-state index in [0.717, 1.165) is 16.9 Å². The number of benzene rings is 2. The van der Waals surface area contributed by atoms with Crippen molar-refractivity contribution in [2.45, 2.75) is 19.4 Å². The molecule has 0 spiro atoms. The highest BCUT2D eigenvalue weighted by atomic mass is 16.5. The Labute approximate surface area is 140 Å². The predicted octanol–water partition coefficient (Wildman–Crippen LogP) is 2.99. The molecule has 3 N–H and O–H groups in total. The fourth-order valence-electron chi connectivity index (χ4n) is 1.74. The zero-order chi connectivity index (χ0) is 17.8. The lowest BCUT2D eigenvalue weighted by Gasteiger charge is -2.07. The van der Waals surface area contributed by atoms with Crippen molar-refractivity contribution in [1.82, 2.24) is 0 Å². The highest BCUT2D eigenvalue weighted by molar-refractivity contribution is 5.67. The van der Waals surface area contributed by atoms with E-state index < -0.39 is 12.1 Å². The molecule has 2 aromatic rings. The lowest BCUT2D eigenvalue weighted by atomic mass is 10.1. The zero-order valence-electron chi connectivity index (χ0n) is 13.5. The second-order valence-corrected chi connectivity index (χ2v) is 4.84. The summed E-state index contributed by atoms with van der Waals surface area (Å²) in [6.45, 7) is 0.537. The minimum absolute atomic E-state index is 0.157. The van der Waals surface area contributed by atoms with Crippen LogP contribution < -0.4 is 10.5 Å². The summed E-state index contributed by atoms with van der Waals surface area (Å²) in [5, 5.41) is 8.61. The van der Waals surface area contributed by atoms with Gasteiger partial charge in [0.2, 0.25) is 0 Å². The van der Waals surface area contributed by atoms with Gasteiger partial charge in [-0.25, -0.2) is 4.79 Å². The van der Waals surface area contributed by atoms with E-state index in [4.69, 9.17) is 9.84 Å². The first-order valence-corrected chi connectivity index (χ1v) is 7.32. The Hall–Kier alpha value is -3.02. The Balaban J connectivity index is 0.000000505. The monoisotopic (exact) mass is 331 g/mol. The number of carboxylic acid groups (broad SMARTS) is 1. The topological polar surface area (TPSA) is 98.9 Å². The number of carbonyl (C=O) groups excluding carboxylic acids is 1. The molecule has 0 aliphatic rings. The molecular weight excluding hydrogens is 310 g/mol. The Kier molecular flexibility index (Phi) is 8.45. The van der Waals surface area contributed by atoms with Crippen molar-refractivity contribution in [2.24, 2.45) is 5.73 Å². The highest BCUT2D eigenvalue weighted by Crippen LogP contribution is 2.15. The maximum absolute atomic E-state index is 10.5. The molecule has 2 rings (SSSR count). The third kappa shape index (κ3) is 8.43. The van der Waals surface area contributed by atoms with Gasteiger partial charge in [-0.15, -0.1) is 0 Å². The van der Waals surface area contributed by atoms with Gasteiger partial charge in [0.1, 0.15) is 12.4 Å². The molecule has 0 bridgehead atoms. The summed E-state index contributed by atoms with van der Waals surface area (Å²) >= 11 is 0. The van der Waals surface area contributed by atoms with Crippen LogP contribution in [0.3, 0.4) is 0 Å². The summed E-state index contributed by atoms with van der Waals surface area (Å²) < 4.78 is 9.55. The number of carbonyl (C=O) groups is 2. The molecule has 128 valence electrons. The van der Waals surface area contributed by atoms with Gasteiger partial charge in [-0.2, -0.15) is 0 Å². The van der Waals surface area contributed by atoms with E-state index in [0.29, 0.717) is 13.0 Å². The first kappa shape index (κ1) is 19.0. The standard InChI is InChI=1S/C16H16O3.C2H5NO2/c17-16(18)11-8-13-6-9-15(10-7-13)19-12-14-4-2-1-3-5-14;1-5-2(3)4/h1-7,9-10H,8,11-12H2,(H,17,18);1H3,(H2,3,4). The van der Waals surface area contributed by atoms with E-state index >= 15 is 0 Å². The van der Waals surface area contributed by atoms with Gasteiger partial charge in [0.05, 0.1) is 7.11 Å². The number of primary amides is 1. The Morgan fingerprint density at radius 1 is 1.00 bits per heavy atom. The van der Waals surface area contributed by atoms with Gasteiger partial charge < -0.3 is 20.3 Å². The van der Waals surface area contributed by atoms with E-state index in [1.165, 1.54) is 7.11 Å². The Morgan fingerprint density at radius 2 is 1.58 bits per heavy atom. The van der Waals surface area contributed by atoms with Crippen LogP contribution in [0.2, 0.25) is 0 Å². The number of ether oxygens (including phenoxy) is 2. The molecule has 0 heterocycles. The van der Waals surface area contributed by atoms with Crippen LogP contribution in [0.25, 0.3) is 0 Å². The molecule has 0 fully saturated rings. The molecule has 1 amide bonds. The molecule has 0 saturated heterocycles. The van der Waals surface area contributed by atoms with Gasteiger partial charge in [0.15, 0.2) is 0 Å². The Bertz CT molecular complexity index is 626. The maximum atomic E-state index is 10.5. The van der Waals surface area contributed by atoms with Crippen LogP contribution in [0, 0.1) is 0 Å². The van der Waals surface area contributed by atoms with Crippen LogP contribution in [0.4, 0.5) is 4.79 Å². The van der Waals surface area contributed by atoms with Crippen molar-refractivity contribution in [2.75, 3.05) is 7.11 Å². The molecule has 0 atom stereocenters. The quantitative estimate of drug-likeness (QED) is 0.848. The van der Waals surface area contributed by atoms with Gasteiger partial charge >= 0.3 is 12.1 Å². The first-order valence-electron chi connectivity index (χ1n) is 7.32. The van der Waals surface area contributed by atoms with Gasteiger partial charge in [0.25, 0.3) is 0 Å². The van der Waals surface area contributed by atoms with Crippen LogP contribution in [-0.4, -0.2) is 24.3 Å². The fraction of sp³-hybridized carbons (Fsp3) is 0.222. The van der Waals surface area contributed by atoms with Gasteiger partial charge in [-0.1, -0.05) is 42.5 Å². The van der Waals surface area contributed by atoms with E-state index in [1.54, 1.807) is 0 Å². The summed E-state index contributed by atoms with van der Waals surface area (Å²) in [6.07, 6.45) is -0.0385. The molecule has 0 saturated carbocycles. The summed E-state index contributed by atoms with van der Waals surface area (Å²) in [7, 11) is 1.22. The Morgan fingerprint density at radius 3 is 2.08 bits per heavy atom. The molecule has 0 aliphatic carbocycles. The van der Waals surface area contributed by atoms with E-state index in [-0.39, 0.29) is 6.42 Å². The summed E-state index contributed by atoms with van der Waals surface area (Å²) in [5.74, 6) is 0.0207. The van der Waals surface area contributed by atoms with Gasteiger partial charge in [-0.3, -0.25) is 4.79 Å². The van der Waals surface area contributed by atoms with Crippen molar-refractivity contribution in [3.63, 3.8) is 0 Å². The zero-order valence-corrected chi connectivity index (χ0v) is 13.5. The normalized spacial score (nSPS) is 9.38. The minimum Gasteiger partial charge on any atom is -0.489 e. The van der Waals surface area contributed by atoms with Crippen LogP contribution in [-0.2, 0) is 22.6 Å². The molecular formula is C18H21NO5.